The molecule has 0 aromatic rings. The van der Waals surface area contributed by atoms with Crippen LogP contribution in [0.3, 0.4) is 0 Å². The number of carboxylic acids is 1. The molecule has 0 saturated heterocycles. The predicted octanol–water partition coefficient (Wildman–Crippen LogP) is -0.756. The largest absolute Gasteiger partial charge is 0.480 e. The van der Waals surface area contributed by atoms with E-state index < -0.39 is 17.9 Å². The smallest absolute Gasteiger partial charge is 0.326 e. The molecule has 0 aliphatic heterocycles. The number of hydrogen-bond acceptors (Lipinski definition) is 4. The summed E-state index contributed by atoms with van der Waals surface area (Å²) in [4.78, 5) is 44.5. The van der Waals surface area contributed by atoms with E-state index in [4.69, 9.17) is 5.11 Å². The first kappa shape index (κ1) is 18.9. The number of aliphatic carboxylic acids is 1. The SMILES string of the molecule is CC(=O)NCCNC(=O)CCC(=O)N[C@@H](C(=O)O)C(C)C. The van der Waals surface area contributed by atoms with Crippen LogP contribution in [0.25, 0.3) is 0 Å². The summed E-state index contributed by atoms with van der Waals surface area (Å²) >= 11 is 0. The lowest BCUT2D eigenvalue weighted by atomic mass is 10.0. The van der Waals surface area contributed by atoms with Crippen LogP contribution in [0.15, 0.2) is 0 Å². The highest BCUT2D eigenvalue weighted by Crippen LogP contribution is 2.02. The van der Waals surface area contributed by atoms with Gasteiger partial charge in [0.1, 0.15) is 6.04 Å². The van der Waals surface area contributed by atoms with Crippen LogP contribution in [0.4, 0.5) is 0 Å². The second kappa shape index (κ2) is 9.73. The molecule has 0 saturated carbocycles. The molecule has 0 aliphatic rings. The Hall–Kier alpha value is -2.12. The molecule has 21 heavy (non-hydrogen) atoms. The van der Waals surface area contributed by atoms with E-state index in [1.54, 1.807) is 13.8 Å². The lowest BCUT2D eigenvalue weighted by Crippen LogP contribution is -2.44. The maximum Gasteiger partial charge on any atom is 0.326 e. The third kappa shape index (κ3) is 9.42. The molecule has 0 heterocycles. The van der Waals surface area contributed by atoms with E-state index in [9.17, 15) is 19.2 Å². The molecule has 0 spiro atoms. The first-order valence-electron chi connectivity index (χ1n) is 6.77. The van der Waals surface area contributed by atoms with Gasteiger partial charge >= 0.3 is 5.97 Å². The first-order valence-corrected chi connectivity index (χ1v) is 6.77. The molecule has 0 rings (SSSR count). The third-order valence-corrected chi connectivity index (χ3v) is 2.65. The maximum atomic E-state index is 11.6. The summed E-state index contributed by atoms with van der Waals surface area (Å²) in [6.07, 6.45) is -0.112. The molecule has 0 aromatic carbocycles. The van der Waals surface area contributed by atoms with E-state index in [0.29, 0.717) is 6.54 Å². The minimum atomic E-state index is -1.10. The number of carboxylic acid groups (broad SMARTS) is 1. The highest BCUT2D eigenvalue weighted by Gasteiger charge is 2.23. The molecule has 3 amide bonds. The standard InChI is InChI=1S/C13H23N3O5/c1-8(2)12(13(20)21)16-11(19)5-4-10(18)15-7-6-14-9(3)17/h8,12H,4-7H2,1-3H3,(H,14,17)(H,15,18)(H,16,19)(H,20,21)/t12-/m1/s1. The topological polar surface area (TPSA) is 125 Å². The lowest BCUT2D eigenvalue weighted by Gasteiger charge is -2.17. The van der Waals surface area contributed by atoms with Crippen molar-refractivity contribution in [2.45, 2.75) is 39.7 Å². The molecule has 0 radical (unpaired) electrons. The van der Waals surface area contributed by atoms with E-state index in [2.05, 4.69) is 16.0 Å². The Balaban J connectivity index is 3.94. The van der Waals surface area contributed by atoms with Gasteiger partial charge in [-0.25, -0.2) is 4.79 Å². The second-order valence-electron chi connectivity index (χ2n) is 4.96. The molecule has 0 aromatic heterocycles. The summed E-state index contributed by atoms with van der Waals surface area (Å²) < 4.78 is 0. The average Bonchev–Trinajstić information content (AvgIpc) is 2.37. The zero-order valence-electron chi connectivity index (χ0n) is 12.6. The third-order valence-electron chi connectivity index (χ3n) is 2.65. The highest BCUT2D eigenvalue weighted by atomic mass is 16.4. The summed E-state index contributed by atoms with van der Waals surface area (Å²) in [5, 5.41) is 16.4. The Morgan fingerprint density at radius 3 is 1.95 bits per heavy atom. The first-order chi connectivity index (χ1) is 9.73. The number of hydrogen-bond donors (Lipinski definition) is 4. The van der Waals surface area contributed by atoms with Crippen molar-refractivity contribution in [2.24, 2.45) is 5.92 Å². The van der Waals surface area contributed by atoms with Crippen molar-refractivity contribution >= 4 is 23.7 Å². The Morgan fingerprint density at radius 1 is 0.952 bits per heavy atom. The van der Waals surface area contributed by atoms with Gasteiger partial charge in [0, 0.05) is 32.9 Å². The van der Waals surface area contributed by atoms with E-state index in [0.717, 1.165) is 0 Å². The minimum absolute atomic E-state index is 0.0314. The van der Waals surface area contributed by atoms with Gasteiger partial charge in [-0.15, -0.1) is 0 Å². The van der Waals surface area contributed by atoms with Gasteiger partial charge in [-0.2, -0.15) is 0 Å². The van der Waals surface area contributed by atoms with E-state index in [-0.39, 0.29) is 37.1 Å². The predicted molar refractivity (Wildman–Crippen MR) is 75.3 cm³/mol. The molecule has 8 nitrogen and oxygen atoms in total. The molecule has 4 N–H and O–H groups in total. The summed E-state index contributed by atoms with van der Waals surface area (Å²) in [6.45, 7) is 5.35. The Morgan fingerprint density at radius 2 is 1.48 bits per heavy atom. The van der Waals surface area contributed by atoms with Crippen LogP contribution in [0, 0.1) is 5.92 Å². The molecule has 0 unspecified atom stereocenters. The zero-order valence-corrected chi connectivity index (χ0v) is 12.6. The van der Waals surface area contributed by atoms with Gasteiger partial charge in [0.25, 0.3) is 0 Å². The average molecular weight is 301 g/mol. The maximum absolute atomic E-state index is 11.6. The number of rotatable bonds is 9. The Labute approximate surface area is 123 Å². The molecule has 1 atom stereocenters. The summed E-state index contributed by atoms with van der Waals surface area (Å²) in [7, 11) is 0. The van der Waals surface area contributed by atoms with Crippen LogP contribution in [0.1, 0.15) is 33.6 Å². The quantitative estimate of drug-likeness (QED) is 0.417. The van der Waals surface area contributed by atoms with Gasteiger partial charge < -0.3 is 21.1 Å². The summed E-state index contributed by atoms with van der Waals surface area (Å²) in [5.74, 6) is -2.33. The van der Waals surface area contributed by atoms with Crippen molar-refractivity contribution in [1.29, 1.82) is 0 Å². The van der Waals surface area contributed by atoms with Crippen LogP contribution in [0.2, 0.25) is 0 Å². The van der Waals surface area contributed by atoms with Gasteiger partial charge in [0.05, 0.1) is 0 Å². The molecular weight excluding hydrogens is 278 g/mol. The van der Waals surface area contributed by atoms with Crippen LogP contribution in [-0.2, 0) is 19.2 Å². The fourth-order valence-corrected chi connectivity index (χ4v) is 1.52. The molecule has 0 bridgehead atoms. The van der Waals surface area contributed by atoms with Crippen molar-refractivity contribution in [3.8, 4) is 0 Å². The molecule has 0 aliphatic carbocycles. The minimum Gasteiger partial charge on any atom is -0.480 e. The van der Waals surface area contributed by atoms with Crippen molar-refractivity contribution in [3.63, 3.8) is 0 Å². The van der Waals surface area contributed by atoms with Gasteiger partial charge in [-0.05, 0) is 5.92 Å². The fraction of sp³-hybridized carbons (Fsp3) is 0.692. The molecule has 0 fully saturated rings. The monoisotopic (exact) mass is 301 g/mol. The van der Waals surface area contributed by atoms with Gasteiger partial charge in [0.2, 0.25) is 17.7 Å². The zero-order chi connectivity index (χ0) is 16.4. The van der Waals surface area contributed by atoms with E-state index in [1.165, 1.54) is 6.92 Å². The Bertz CT molecular complexity index is 395. The Kier molecular flexibility index (Phi) is 8.75. The van der Waals surface area contributed by atoms with Crippen LogP contribution < -0.4 is 16.0 Å². The van der Waals surface area contributed by atoms with Gasteiger partial charge in [-0.3, -0.25) is 14.4 Å². The second-order valence-corrected chi connectivity index (χ2v) is 4.96. The normalized spacial score (nSPS) is 11.6. The molecule has 8 heteroatoms. The van der Waals surface area contributed by atoms with Crippen molar-refractivity contribution in [1.82, 2.24) is 16.0 Å². The van der Waals surface area contributed by atoms with Crippen LogP contribution >= 0.6 is 0 Å². The molecular formula is C13H23N3O5. The van der Waals surface area contributed by atoms with Crippen molar-refractivity contribution in [2.75, 3.05) is 13.1 Å². The van der Waals surface area contributed by atoms with Crippen LogP contribution in [-0.4, -0.2) is 47.9 Å². The number of nitrogens with one attached hydrogen (secondary N) is 3. The summed E-state index contributed by atoms with van der Waals surface area (Å²) in [5.41, 5.74) is 0. The van der Waals surface area contributed by atoms with Crippen molar-refractivity contribution in [3.05, 3.63) is 0 Å². The summed E-state index contributed by atoms with van der Waals surface area (Å²) in [6, 6.07) is -0.958. The van der Waals surface area contributed by atoms with Gasteiger partial charge in [0.15, 0.2) is 0 Å². The van der Waals surface area contributed by atoms with Crippen LogP contribution in [0.5, 0.6) is 0 Å². The lowest BCUT2D eigenvalue weighted by molar-refractivity contribution is -0.143. The van der Waals surface area contributed by atoms with E-state index >= 15 is 0 Å². The number of carbonyl (C=O) groups excluding carboxylic acids is 3. The number of amides is 3. The molecule has 120 valence electrons. The van der Waals surface area contributed by atoms with E-state index in [1.807, 2.05) is 0 Å². The number of carbonyl (C=O) groups is 4. The highest BCUT2D eigenvalue weighted by molar-refractivity contribution is 5.87. The van der Waals surface area contributed by atoms with Gasteiger partial charge in [-0.1, -0.05) is 13.8 Å². The fourth-order valence-electron chi connectivity index (χ4n) is 1.52. The van der Waals surface area contributed by atoms with Crippen molar-refractivity contribution < 1.29 is 24.3 Å².